The Kier molecular flexibility index (Phi) is 4.05. The van der Waals surface area contributed by atoms with Gasteiger partial charge in [0.05, 0.1) is 11.4 Å². The first kappa shape index (κ1) is 14.2. The van der Waals surface area contributed by atoms with Gasteiger partial charge in [-0.05, 0) is 37.7 Å². The van der Waals surface area contributed by atoms with E-state index >= 15 is 0 Å². The minimum atomic E-state index is 0.457. The number of hydrogen-bond acceptors (Lipinski definition) is 6. The Labute approximate surface area is 131 Å². The molecule has 0 spiro atoms. The molecule has 2 N–H and O–H groups in total. The monoisotopic (exact) mass is 317 g/mol. The van der Waals surface area contributed by atoms with E-state index in [1.165, 1.54) is 0 Å². The van der Waals surface area contributed by atoms with E-state index in [0.717, 1.165) is 31.3 Å². The van der Waals surface area contributed by atoms with Crippen molar-refractivity contribution in [3.63, 3.8) is 0 Å². The second kappa shape index (κ2) is 5.97. The van der Waals surface area contributed by atoms with Crippen LogP contribution in [0.1, 0.15) is 16.3 Å². The molecule has 0 saturated heterocycles. The van der Waals surface area contributed by atoms with E-state index in [-0.39, 0.29) is 0 Å². The molecule has 0 amide bonds. The SMILES string of the molecule is Cc1nnc(Sc2c(CN)c(C)nn2-c2ccccc2)s1. The summed E-state index contributed by atoms with van der Waals surface area (Å²) in [5.74, 6) is 0. The molecule has 108 valence electrons. The first-order valence-electron chi connectivity index (χ1n) is 6.51. The number of nitrogens with two attached hydrogens (primary N) is 1. The fourth-order valence-corrected chi connectivity index (χ4v) is 4.04. The lowest BCUT2D eigenvalue weighted by Crippen LogP contribution is -2.01. The minimum Gasteiger partial charge on any atom is -0.326 e. The lowest BCUT2D eigenvalue weighted by Gasteiger charge is -2.06. The number of aryl methyl sites for hydroxylation is 2. The molecule has 0 atom stereocenters. The molecule has 3 rings (SSSR count). The van der Waals surface area contributed by atoms with Crippen LogP contribution in [0, 0.1) is 13.8 Å². The molecule has 7 heteroatoms. The van der Waals surface area contributed by atoms with Crippen LogP contribution in [-0.2, 0) is 6.54 Å². The number of hydrogen-bond donors (Lipinski definition) is 1. The van der Waals surface area contributed by atoms with Gasteiger partial charge in [-0.15, -0.1) is 10.2 Å². The summed E-state index contributed by atoms with van der Waals surface area (Å²) in [7, 11) is 0. The molecule has 0 radical (unpaired) electrons. The van der Waals surface area contributed by atoms with Gasteiger partial charge in [-0.25, -0.2) is 4.68 Å². The lowest BCUT2D eigenvalue weighted by atomic mass is 10.3. The topological polar surface area (TPSA) is 69.6 Å². The summed E-state index contributed by atoms with van der Waals surface area (Å²) in [6.45, 7) is 4.39. The van der Waals surface area contributed by atoms with Crippen molar-refractivity contribution in [3.8, 4) is 5.69 Å². The quantitative estimate of drug-likeness (QED) is 0.801. The highest BCUT2D eigenvalue weighted by Crippen LogP contribution is 2.35. The van der Waals surface area contributed by atoms with Crippen molar-refractivity contribution in [3.05, 3.63) is 46.6 Å². The van der Waals surface area contributed by atoms with Crippen LogP contribution in [0.2, 0.25) is 0 Å². The first-order valence-corrected chi connectivity index (χ1v) is 8.14. The largest absolute Gasteiger partial charge is 0.326 e. The number of benzene rings is 1. The third-order valence-electron chi connectivity index (χ3n) is 3.03. The minimum absolute atomic E-state index is 0.457. The van der Waals surface area contributed by atoms with Crippen molar-refractivity contribution >= 4 is 23.1 Å². The number of rotatable bonds is 4. The summed E-state index contributed by atoms with van der Waals surface area (Å²) < 4.78 is 2.83. The van der Waals surface area contributed by atoms with Gasteiger partial charge in [0.15, 0.2) is 4.34 Å². The summed E-state index contributed by atoms with van der Waals surface area (Å²) in [6.07, 6.45) is 0. The lowest BCUT2D eigenvalue weighted by molar-refractivity contribution is 0.787. The van der Waals surface area contributed by atoms with E-state index < -0.39 is 0 Å². The Bertz CT molecular complexity index is 748. The fourth-order valence-electron chi connectivity index (χ4n) is 2.02. The molecule has 0 aliphatic heterocycles. The first-order chi connectivity index (χ1) is 10.2. The van der Waals surface area contributed by atoms with Crippen molar-refractivity contribution in [1.29, 1.82) is 0 Å². The highest BCUT2D eigenvalue weighted by atomic mass is 32.2. The van der Waals surface area contributed by atoms with Gasteiger partial charge >= 0.3 is 0 Å². The van der Waals surface area contributed by atoms with Crippen molar-refractivity contribution in [2.75, 3.05) is 0 Å². The summed E-state index contributed by atoms with van der Waals surface area (Å²) in [5, 5.41) is 14.8. The Balaban J connectivity index is 2.08. The van der Waals surface area contributed by atoms with Gasteiger partial charge in [0, 0.05) is 12.1 Å². The van der Waals surface area contributed by atoms with Crippen LogP contribution in [0.5, 0.6) is 0 Å². The van der Waals surface area contributed by atoms with Gasteiger partial charge in [-0.1, -0.05) is 29.5 Å². The smallest absolute Gasteiger partial charge is 0.180 e. The highest BCUT2D eigenvalue weighted by molar-refractivity contribution is 8.01. The van der Waals surface area contributed by atoms with Crippen LogP contribution >= 0.6 is 23.1 Å². The third-order valence-corrected chi connectivity index (χ3v) is 5.04. The second-order valence-corrected chi connectivity index (χ2v) is 6.93. The van der Waals surface area contributed by atoms with Crippen molar-refractivity contribution in [2.24, 2.45) is 5.73 Å². The number of nitrogens with zero attached hydrogens (tertiary/aromatic N) is 4. The molecule has 0 aliphatic carbocycles. The molecule has 0 fully saturated rings. The standard InChI is InChI=1S/C14H15N5S2/c1-9-12(8-15)13(21-14-17-16-10(2)20-14)19(18-9)11-6-4-3-5-7-11/h3-7H,8,15H2,1-2H3. The molecule has 2 aromatic heterocycles. The van der Waals surface area contributed by atoms with E-state index in [1.807, 2.05) is 48.9 Å². The molecule has 5 nitrogen and oxygen atoms in total. The molecule has 0 bridgehead atoms. The fraction of sp³-hybridized carbons (Fsp3) is 0.214. The average molecular weight is 317 g/mol. The molecule has 1 aromatic carbocycles. The van der Waals surface area contributed by atoms with E-state index in [9.17, 15) is 0 Å². The van der Waals surface area contributed by atoms with Crippen molar-refractivity contribution in [2.45, 2.75) is 29.8 Å². The van der Waals surface area contributed by atoms with E-state index in [1.54, 1.807) is 23.1 Å². The summed E-state index contributed by atoms with van der Waals surface area (Å²) >= 11 is 3.14. The molecular formula is C14H15N5S2. The zero-order valence-electron chi connectivity index (χ0n) is 11.8. The van der Waals surface area contributed by atoms with Crippen LogP contribution in [0.15, 0.2) is 39.7 Å². The van der Waals surface area contributed by atoms with Crippen LogP contribution in [0.3, 0.4) is 0 Å². The van der Waals surface area contributed by atoms with Crippen LogP contribution in [0.4, 0.5) is 0 Å². The van der Waals surface area contributed by atoms with Gasteiger partial charge in [0.2, 0.25) is 0 Å². The number of aromatic nitrogens is 4. The van der Waals surface area contributed by atoms with Gasteiger partial charge in [-0.3, -0.25) is 0 Å². The van der Waals surface area contributed by atoms with Crippen LogP contribution in [-0.4, -0.2) is 20.0 Å². The highest BCUT2D eigenvalue weighted by Gasteiger charge is 2.18. The van der Waals surface area contributed by atoms with Gasteiger partial charge in [0.25, 0.3) is 0 Å². The second-order valence-electron chi connectivity index (χ2n) is 4.51. The third kappa shape index (κ3) is 2.85. The van der Waals surface area contributed by atoms with Crippen molar-refractivity contribution < 1.29 is 0 Å². The predicted octanol–water partition coefficient (Wildman–Crippen LogP) is 2.95. The summed E-state index contributed by atoms with van der Waals surface area (Å²) in [4.78, 5) is 0. The molecule has 0 aliphatic rings. The van der Waals surface area contributed by atoms with Crippen LogP contribution in [0.25, 0.3) is 5.69 Å². The Morgan fingerprint density at radius 3 is 2.57 bits per heavy atom. The van der Waals surface area contributed by atoms with Gasteiger partial charge in [-0.2, -0.15) is 5.10 Å². The maximum Gasteiger partial charge on any atom is 0.180 e. The Morgan fingerprint density at radius 1 is 1.19 bits per heavy atom. The normalized spacial score (nSPS) is 11.0. The van der Waals surface area contributed by atoms with Crippen molar-refractivity contribution in [1.82, 2.24) is 20.0 Å². The van der Waals surface area contributed by atoms with Gasteiger partial charge in [0.1, 0.15) is 10.0 Å². The average Bonchev–Trinajstić information content (AvgIpc) is 3.04. The molecule has 2 heterocycles. The predicted molar refractivity (Wildman–Crippen MR) is 85.0 cm³/mol. The van der Waals surface area contributed by atoms with E-state index in [4.69, 9.17) is 5.73 Å². The van der Waals surface area contributed by atoms with E-state index in [2.05, 4.69) is 15.3 Å². The Morgan fingerprint density at radius 2 is 1.95 bits per heavy atom. The molecule has 0 saturated carbocycles. The molecule has 0 unspecified atom stereocenters. The van der Waals surface area contributed by atoms with E-state index in [0.29, 0.717) is 6.54 Å². The maximum absolute atomic E-state index is 5.90. The maximum atomic E-state index is 5.90. The molecule has 3 aromatic rings. The number of para-hydroxylation sites is 1. The zero-order valence-corrected chi connectivity index (χ0v) is 13.4. The summed E-state index contributed by atoms with van der Waals surface area (Å²) in [6, 6.07) is 10.0. The summed E-state index contributed by atoms with van der Waals surface area (Å²) in [5.41, 5.74) is 8.92. The zero-order chi connectivity index (χ0) is 14.8. The van der Waals surface area contributed by atoms with Gasteiger partial charge < -0.3 is 5.73 Å². The molecular weight excluding hydrogens is 302 g/mol. The van der Waals surface area contributed by atoms with Crippen LogP contribution < -0.4 is 5.73 Å². The Hall–Kier alpha value is -1.70. The molecule has 21 heavy (non-hydrogen) atoms.